The average molecular weight is 478 g/mol. The predicted octanol–water partition coefficient (Wildman–Crippen LogP) is 3.31. The van der Waals surface area contributed by atoms with Gasteiger partial charge in [0.05, 0.1) is 0 Å². The molecule has 2 aromatic rings. The predicted molar refractivity (Wildman–Crippen MR) is 124 cm³/mol. The SMILES string of the molecule is CN1CCN(C(=O)c2ccc(Nc3ncc(C(F)(F)F)c(N[C@@H]4CCCC[C@@H]4N)n3)cc2)CC1. The highest BCUT2D eigenvalue weighted by molar-refractivity contribution is 5.94. The van der Waals surface area contributed by atoms with Gasteiger partial charge in [-0.1, -0.05) is 12.8 Å². The minimum atomic E-state index is -4.59. The van der Waals surface area contributed by atoms with Gasteiger partial charge in [-0.25, -0.2) is 4.98 Å². The minimum Gasteiger partial charge on any atom is -0.365 e. The Morgan fingerprint density at radius 2 is 1.76 bits per heavy atom. The molecule has 1 amide bonds. The van der Waals surface area contributed by atoms with E-state index in [9.17, 15) is 18.0 Å². The van der Waals surface area contributed by atoms with E-state index < -0.39 is 11.7 Å². The molecule has 2 aliphatic rings. The largest absolute Gasteiger partial charge is 0.421 e. The van der Waals surface area contributed by atoms with Crippen LogP contribution in [0.4, 0.5) is 30.6 Å². The molecule has 2 heterocycles. The van der Waals surface area contributed by atoms with Crippen molar-refractivity contribution in [1.82, 2.24) is 19.8 Å². The van der Waals surface area contributed by atoms with Gasteiger partial charge in [-0.05, 0) is 44.2 Å². The molecule has 1 aromatic heterocycles. The summed E-state index contributed by atoms with van der Waals surface area (Å²) in [4.78, 5) is 24.7. The number of piperazine rings is 1. The molecule has 1 aliphatic carbocycles. The zero-order chi connectivity index (χ0) is 24.3. The lowest BCUT2D eigenvalue weighted by Crippen LogP contribution is -2.47. The lowest BCUT2D eigenvalue weighted by atomic mass is 9.91. The van der Waals surface area contributed by atoms with Gasteiger partial charge in [-0.15, -0.1) is 0 Å². The maximum Gasteiger partial charge on any atom is 0.421 e. The number of rotatable bonds is 5. The topological polar surface area (TPSA) is 99.4 Å². The van der Waals surface area contributed by atoms with Gasteiger partial charge in [0.1, 0.15) is 11.4 Å². The number of alkyl halides is 3. The van der Waals surface area contributed by atoms with E-state index in [1.807, 2.05) is 11.9 Å². The minimum absolute atomic E-state index is 0.0259. The van der Waals surface area contributed by atoms with Crippen molar-refractivity contribution < 1.29 is 18.0 Å². The summed E-state index contributed by atoms with van der Waals surface area (Å²) in [7, 11) is 2.02. The molecule has 1 saturated heterocycles. The summed E-state index contributed by atoms with van der Waals surface area (Å²) in [6.45, 7) is 3.02. The van der Waals surface area contributed by atoms with Crippen molar-refractivity contribution in [2.45, 2.75) is 43.9 Å². The lowest BCUT2D eigenvalue weighted by Gasteiger charge is -2.32. The van der Waals surface area contributed by atoms with Crippen LogP contribution < -0.4 is 16.4 Å². The number of likely N-dealkylation sites (N-methyl/N-ethyl adjacent to an activating group) is 1. The van der Waals surface area contributed by atoms with Crippen molar-refractivity contribution in [1.29, 1.82) is 0 Å². The number of hydrogen-bond donors (Lipinski definition) is 3. The van der Waals surface area contributed by atoms with Gasteiger partial charge in [0.2, 0.25) is 5.95 Å². The number of halogens is 3. The molecule has 8 nitrogen and oxygen atoms in total. The first-order valence-corrected chi connectivity index (χ1v) is 11.5. The van der Waals surface area contributed by atoms with Crippen LogP contribution in [0.3, 0.4) is 0 Å². The second kappa shape index (κ2) is 10.1. The third kappa shape index (κ3) is 5.76. The van der Waals surface area contributed by atoms with Crippen LogP contribution in [0, 0.1) is 0 Å². The van der Waals surface area contributed by atoms with E-state index in [0.29, 0.717) is 30.8 Å². The first-order chi connectivity index (χ1) is 16.2. The Hall–Kier alpha value is -2.92. The van der Waals surface area contributed by atoms with Gasteiger partial charge in [-0.2, -0.15) is 18.2 Å². The molecular weight excluding hydrogens is 447 g/mol. The number of nitrogens with two attached hydrogens (primary N) is 1. The van der Waals surface area contributed by atoms with E-state index in [4.69, 9.17) is 5.73 Å². The first-order valence-electron chi connectivity index (χ1n) is 11.5. The molecule has 0 radical (unpaired) electrons. The highest BCUT2D eigenvalue weighted by Crippen LogP contribution is 2.35. The highest BCUT2D eigenvalue weighted by Gasteiger charge is 2.36. The number of anilines is 3. The molecule has 11 heteroatoms. The van der Waals surface area contributed by atoms with Crippen molar-refractivity contribution in [2.75, 3.05) is 43.9 Å². The molecular formula is C23H30F3N7O. The molecule has 4 N–H and O–H groups in total. The Balaban J connectivity index is 1.48. The number of carbonyl (C=O) groups is 1. The van der Waals surface area contributed by atoms with Crippen molar-refractivity contribution in [3.63, 3.8) is 0 Å². The van der Waals surface area contributed by atoms with E-state index >= 15 is 0 Å². The van der Waals surface area contributed by atoms with Crippen molar-refractivity contribution >= 4 is 23.4 Å². The molecule has 0 bridgehead atoms. The second-order valence-electron chi connectivity index (χ2n) is 8.95. The Bertz CT molecular complexity index is 991. The zero-order valence-electron chi connectivity index (χ0n) is 19.1. The lowest BCUT2D eigenvalue weighted by molar-refractivity contribution is -0.137. The number of amides is 1. The Kier molecular flexibility index (Phi) is 7.22. The molecule has 184 valence electrons. The van der Waals surface area contributed by atoms with Gasteiger partial charge in [0.25, 0.3) is 5.91 Å². The fourth-order valence-corrected chi connectivity index (χ4v) is 4.29. The van der Waals surface area contributed by atoms with Gasteiger partial charge >= 0.3 is 6.18 Å². The Labute approximate surface area is 196 Å². The molecule has 2 atom stereocenters. The number of benzene rings is 1. The van der Waals surface area contributed by atoms with E-state index in [1.54, 1.807) is 24.3 Å². The maximum absolute atomic E-state index is 13.5. The van der Waals surface area contributed by atoms with E-state index in [1.165, 1.54) is 0 Å². The van der Waals surface area contributed by atoms with Crippen LogP contribution in [-0.2, 0) is 6.18 Å². The van der Waals surface area contributed by atoms with Gasteiger partial charge in [0.15, 0.2) is 0 Å². The summed E-state index contributed by atoms with van der Waals surface area (Å²) in [6.07, 6.45) is -0.498. The van der Waals surface area contributed by atoms with Gasteiger partial charge in [-0.3, -0.25) is 4.79 Å². The summed E-state index contributed by atoms with van der Waals surface area (Å²) in [5.74, 6) is -0.298. The fraction of sp³-hybridized carbons (Fsp3) is 0.522. The highest BCUT2D eigenvalue weighted by atomic mass is 19.4. The van der Waals surface area contributed by atoms with E-state index in [-0.39, 0.29) is 29.8 Å². The van der Waals surface area contributed by atoms with Gasteiger partial charge in [0, 0.05) is 55.7 Å². The van der Waals surface area contributed by atoms with E-state index in [2.05, 4.69) is 25.5 Å². The van der Waals surface area contributed by atoms with Gasteiger partial charge < -0.3 is 26.2 Å². The standard InChI is InChI=1S/C23H30F3N7O/c1-32-10-12-33(13-11-32)21(34)15-6-8-16(9-7-15)29-22-28-14-17(23(24,25)26)20(31-22)30-19-5-3-2-4-18(19)27/h6-9,14,18-19H,2-5,10-13,27H2,1H3,(H2,28,29,30,31)/t18-,19+/m0/s1. The molecule has 1 aromatic carbocycles. The van der Waals surface area contributed by atoms with E-state index in [0.717, 1.165) is 38.5 Å². The normalized spacial score (nSPS) is 21.9. The summed E-state index contributed by atoms with van der Waals surface area (Å²) in [5, 5.41) is 5.84. The van der Waals surface area contributed by atoms with Crippen molar-refractivity contribution in [3.8, 4) is 0 Å². The third-order valence-electron chi connectivity index (χ3n) is 6.41. The number of nitrogens with one attached hydrogen (secondary N) is 2. The van der Waals surface area contributed by atoms with Crippen LogP contribution in [0.1, 0.15) is 41.6 Å². The summed E-state index contributed by atoms with van der Waals surface area (Å²) >= 11 is 0. The maximum atomic E-state index is 13.5. The van der Waals surface area contributed by atoms with Crippen LogP contribution in [0.2, 0.25) is 0 Å². The summed E-state index contributed by atoms with van der Waals surface area (Å²) in [6, 6.07) is 6.24. The van der Waals surface area contributed by atoms with Crippen molar-refractivity contribution in [2.24, 2.45) is 5.73 Å². The quantitative estimate of drug-likeness (QED) is 0.608. The van der Waals surface area contributed by atoms with Crippen LogP contribution in [0.25, 0.3) is 0 Å². The molecule has 4 rings (SSSR count). The number of aromatic nitrogens is 2. The van der Waals surface area contributed by atoms with Crippen LogP contribution >= 0.6 is 0 Å². The van der Waals surface area contributed by atoms with Crippen LogP contribution in [-0.4, -0.2) is 71.0 Å². The monoisotopic (exact) mass is 477 g/mol. The van der Waals surface area contributed by atoms with Crippen LogP contribution in [0.5, 0.6) is 0 Å². The second-order valence-corrected chi connectivity index (χ2v) is 8.95. The molecule has 34 heavy (non-hydrogen) atoms. The number of carbonyl (C=O) groups excluding carboxylic acids is 1. The summed E-state index contributed by atoms with van der Waals surface area (Å²) in [5.41, 5.74) is 6.30. The molecule has 0 unspecified atom stereocenters. The smallest absolute Gasteiger partial charge is 0.365 e. The third-order valence-corrected chi connectivity index (χ3v) is 6.41. The molecule has 2 fully saturated rings. The zero-order valence-corrected chi connectivity index (χ0v) is 19.1. The Morgan fingerprint density at radius 1 is 1.09 bits per heavy atom. The molecule has 1 saturated carbocycles. The van der Waals surface area contributed by atoms with Crippen molar-refractivity contribution in [3.05, 3.63) is 41.6 Å². The van der Waals surface area contributed by atoms with Crippen LogP contribution in [0.15, 0.2) is 30.5 Å². The number of hydrogen-bond acceptors (Lipinski definition) is 7. The first kappa shape index (κ1) is 24.2. The summed E-state index contributed by atoms with van der Waals surface area (Å²) < 4.78 is 40.6. The average Bonchev–Trinajstić information content (AvgIpc) is 2.80. The number of nitrogens with zero attached hydrogens (tertiary/aromatic N) is 4. The molecule has 0 spiro atoms. The molecule has 1 aliphatic heterocycles. The Morgan fingerprint density at radius 3 is 2.41 bits per heavy atom. The fourth-order valence-electron chi connectivity index (χ4n) is 4.29.